The summed E-state index contributed by atoms with van der Waals surface area (Å²) < 4.78 is 44.5. The Hall–Kier alpha value is -1.78. The van der Waals surface area contributed by atoms with Crippen molar-refractivity contribution in [1.82, 2.24) is 4.90 Å². The molecule has 0 spiro atoms. The molecular formula is C15H18F3N3O. The van der Waals surface area contributed by atoms with Gasteiger partial charge in [0.05, 0.1) is 35.9 Å². The van der Waals surface area contributed by atoms with Gasteiger partial charge in [-0.05, 0) is 32.2 Å². The first-order valence-electron chi connectivity index (χ1n) is 6.99. The van der Waals surface area contributed by atoms with Crippen LogP contribution in [-0.2, 0) is 10.9 Å². The van der Waals surface area contributed by atoms with E-state index in [-0.39, 0.29) is 17.7 Å². The summed E-state index contributed by atoms with van der Waals surface area (Å²) in [5.41, 5.74) is -0.969. The van der Waals surface area contributed by atoms with Crippen LogP contribution in [0.1, 0.15) is 18.1 Å². The molecule has 0 radical (unpaired) electrons. The van der Waals surface area contributed by atoms with E-state index in [0.29, 0.717) is 12.3 Å². The predicted octanol–water partition coefficient (Wildman–Crippen LogP) is 2.71. The second kappa shape index (κ2) is 6.55. The molecule has 2 unspecified atom stereocenters. The van der Waals surface area contributed by atoms with Gasteiger partial charge in [0, 0.05) is 18.8 Å². The van der Waals surface area contributed by atoms with Gasteiger partial charge < -0.3 is 15.0 Å². The van der Waals surface area contributed by atoms with Gasteiger partial charge in [0.2, 0.25) is 0 Å². The Bertz CT molecular complexity index is 568. The molecule has 1 heterocycles. The third-order valence-electron chi connectivity index (χ3n) is 3.69. The van der Waals surface area contributed by atoms with Crippen LogP contribution in [-0.4, -0.2) is 43.8 Å². The number of hydrogen-bond acceptors (Lipinski definition) is 4. The van der Waals surface area contributed by atoms with E-state index in [1.54, 1.807) is 6.07 Å². The predicted molar refractivity (Wildman–Crippen MR) is 76.5 cm³/mol. The summed E-state index contributed by atoms with van der Waals surface area (Å²) in [7, 11) is 1.98. The van der Waals surface area contributed by atoms with Crippen LogP contribution in [0.4, 0.5) is 18.9 Å². The van der Waals surface area contributed by atoms with E-state index in [2.05, 4.69) is 10.2 Å². The normalized spacial score (nSPS) is 21.2. The number of hydrogen-bond donors (Lipinski definition) is 1. The van der Waals surface area contributed by atoms with Crippen molar-refractivity contribution < 1.29 is 17.9 Å². The Labute approximate surface area is 127 Å². The van der Waals surface area contributed by atoms with Crippen LogP contribution in [0.15, 0.2) is 18.2 Å². The Balaban J connectivity index is 2.14. The molecule has 1 aromatic rings. The molecule has 0 aliphatic carbocycles. The minimum atomic E-state index is -4.55. The van der Waals surface area contributed by atoms with E-state index in [1.165, 1.54) is 12.1 Å². The largest absolute Gasteiger partial charge is 0.417 e. The Morgan fingerprint density at radius 2 is 2.18 bits per heavy atom. The average molecular weight is 313 g/mol. The van der Waals surface area contributed by atoms with Crippen molar-refractivity contribution in [2.24, 2.45) is 0 Å². The van der Waals surface area contributed by atoms with Gasteiger partial charge >= 0.3 is 6.18 Å². The van der Waals surface area contributed by atoms with E-state index in [4.69, 9.17) is 10.00 Å². The summed E-state index contributed by atoms with van der Waals surface area (Å²) in [6.45, 7) is 4.04. The molecule has 1 aliphatic rings. The summed E-state index contributed by atoms with van der Waals surface area (Å²) in [6.07, 6.45) is -4.64. The number of rotatable bonds is 3. The van der Waals surface area contributed by atoms with Crippen LogP contribution in [0.5, 0.6) is 0 Å². The standard InChI is InChI=1S/C15H18F3N3O/c1-10(14-9-21(2)5-6-22-14)20-12-4-3-11(8-19)13(7-12)15(16,17)18/h3-4,7,10,14,20H,5-6,9H2,1-2H3. The van der Waals surface area contributed by atoms with Gasteiger partial charge in [0.15, 0.2) is 0 Å². The van der Waals surface area contributed by atoms with Gasteiger partial charge in [0.1, 0.15) is 0 Å². The lowest BCUT2D eigenvalue weighted by molar-refractivity contribution is -0.137. The quantitative estimate of drug-likeness (QED) is 0.932. The maximum absolute atomic E-state index is 12.9. The first-order chi connectivity index (χ1) is 10.3. The summed E-state index contributed by atoms with van der Waals surface area (Å²) in [4.78, 5) is 2.12. The second-order valence-corrected chi connectivity index (χ2v) is 5.47. The Morgan fingerprint density at radius 3 is 2.77 bits per heavy atom. The monoisotopic (exact) mass is 313 g/mol. The fraction of sp³-hybridized carbons (Fsp3) is 0.533. The van der Waals surface area contributed by atoms with Gasteiger partial charge in [-0.25, -0.2) is 0 Å². The zero-order valence-electron chi connectivity index (χ0n) is 12.4. The average Bonchev–Trinajstić information content (AvgIpc) is 2.46. The molecule has 7 heteroatoms. The molecule has 0 saturated carbocycles. The van der Waals surface area contributed by atoms with E-state index in [0.717, 1.165) is 19.2 Å². The number of morpholine rings is 1. The van der Waals surface area contributed by atoms with Crippen molar-refractivity contribution in [2.45, 2.75) is 25.2 Å². The summed E-state index contributed by atoms with van der Waals surface area (Å²) >= 11 is 0. The highest BCUT2D eigenvalue weighted by molar-refractivity contribution is 5.53. The maximum atomic E-state index is 12.9. The molecule has 1 saturated heterocycles. The first kappa shape index (κ1) is 16.6. The first-order valence-corrected chi connectivity index (χ1v) is 6.99. The lowest BCUT2D eigenvalue weighted by Crippen LogP contribution is -2.47. The number of nitriles is 1. The summed E-state index contributed by atoms with van der Waals surface area (Å²) in [5, 5.41) is 11.8. The van der Waals surface area contributed by atoms with Crippen molar-refractivity contribution in [3.05, 3.63) is 29.3 Å². The van der Waals surface area contributed by atoms with Gasteiger partial charge in [-0.1, -0.05) is 0 Å². The van der Waals surface area contributed by atoms with Gasteiger partial charge in [0.25, 0.3) is 0 Å². The topological polar surface area (TPSA) is 48.3 Å². The highest BCUT2D eigenvalue weighted by Gasteiger charge is 2.34. The third-order valence-corrected chi connectivity index (χ3v) is 3.69. The molecule has 2 atom stereocenters. The fourth-order valence-electron chi connectivity index (χ4n) is 2.44. The molecular weight excluding hydrogens is 295 g/mol. The zero-order valence-corrected chi connectivity index (χ0v) is 12.4. The molecule has 1 aliphatic heterocycles. The van der Waals surface area contributed by atoms with Gasteiger partial charge in [-0.3, -0.25) is 0 Å². The van der Waals surface area contributed by atoms with E-state index in [1.807, 2.05) is 14.0 Å². The van der Waals surface area contributed by atoms with Crippen molar-refractivity contribution >= 4 is 5.69 Å². The van der Waals surface area contributed by atoms with E-state index >= 15 is 0 Å². The number of nitrogens with zero attached hydrogens (tertiary/aromatic N) is 2. The van der Waals surface area contributed by atoms with Crippen LogP contribution >= 0.6 is 0 Å². The number of nitrogens with one attached hydrogen (secondary N) is 1. The summed E-state index contributed by atoms with van der Waals surface area (Å²) in [6, 6.07) is 5.07. The molecule has 0 bridgehead atoms. The van der Waals surface area contributed by atoms with Crippen LogP contribution in [0.2, 0.25) is 0 Å². The lowest BCUT2D eigenvalue weighted by Gasteiger charge is -2.34. The molecule has 0 aromatic heterocycles. The molecule has 22 heavy (non-hydrogen) atoms. The van der Waals surface area contributed by atoms with Crippen LogP contribution in [0.25, 0.3) is 0 Å². The number of ether oxygens (including phenoxy) is 1. The van der Waals surface area contributed by atoms with Crippen molar-refractivity contribution in [2.75, 3.05) is 32.1 Å². The molecule has 0 amide bonds. The number of benzene rings is 1. The minimum absolute atomic E-state index is 0.0938. The van der Waals surface area contributed by atoms with Crippen LogP contribution < -0.4 is 5.32 Å². The fourth-order valence-corrected chi connectivity index (χ4v) is 2.44. The molecule has 4 nitrogen and oxygen atoms in total. The van der Waals surface area contributed by atoms with Gasteiger partial charge in [-0.2, -0.15) is 18.4 Å². The SMILES string of the molecule is CC(Nc1ccc(C#N)c(C(F)(F)F)c1)C1CN(C)CCO1. The highest BCUT2D eigenvalue weighted by Crippen LogP contribution is 2.33. The number of alkyl halides is 3. The van der Waals surface area contributed by atoms with E-state index < -0.39 is 11.7 Å². The highest BCUT2D eigenvalue weighted by atomic mass is 19.4. The van der Waals surface area contributed by atoms with Crippen molar-refractivity contribution in [1.29, 1.82) is 5.26 Å². The third kappa shape index (κ3) is 3.90. The number of halogens is 3. The minimum Gasteiger partial charge on any atom is -0.380 e. The summed E-state index contributed by atoms with van der Waals surface area (Å²) in [5.74, 6) is 0. The molecule has 1 aromatic carbocycles. The number of anilines is 1. The zero-order chi connectivity index (χ0) is 16.3. The smallest absolute Gasteiger partial charge is 0.380 e. The van der Waals surface area contributed by atoms with Crippen molar-refractivity contribution in [3.8, 4) is 6.07 Å². The molecule has 1 fully saturated rings. The molecule has 120 valence electrons. The molecule has 2 rings (SSSR count). The maximum Gasteiger partial charge on any atom is 0.417 e. The van der Waals surface area contributed by atoms with E-state index in [9.17, 15) is 13.2 Å². The Morgan fingerprint density at radius 1 is 1.45 bits per heavy atom. The van der Waals surface area contributed by atoms with Crippen LogP contribution in [0.3, 0.4) is 0 Å². The second-order valence-electron chi connectivity index (χ2n) is 5.47. The number of likely N-dealkylation sites (N-methyl/N-ethyl adjacent to an activating group) is 1. The Kier molecular flexibility index (Phi) is 4.94. The van der Waals surface area contributed by atoms with Crippen molar-refractivity contribution in [3.63, 3.8) is 0 Å². The van der Waals surface area contributed by atoms with Gasteiger partial charge in [-0.15, -0.1) is 0 Å². The lowest BCUT2D eigenvalue weighted by atomic mass is 10.1. The molecule has 1 N–H and O–H groups in total. The van der Waals surface area contributed by atoms with Crippen LogP contribution in [0, 0.1) is 11.3 Å².